The molecule has 1 saturated heterocycles. The van der Waals surface area contributed by atoms with Crippen LogP contribution >= 0.6 is 11.6 Å². The first-order valence-corrected chi connectivity index (χ1v) is 11.5. The molecule has 4 rings (SSSR count). The molecule has 0 radical (unpaired) electrons. The van der Waals surface area contributed by atoms with Gasteiger partial charge in [0.1, 0.15) is 0 Å². The predicted molar refractivity (Wildman–Crippen MR) is 116 cm³/mol. The van der Waals surface area contributed by atoms with Crippen LogP contribution in [0.5, 0.6) is 0 Å². The number of halogens is 1. The zero-order valence-corrected chi connectivity index (χ0v) is 17.8. The van der Waals surface area contributed by atoms with E-state index in [9.17, 15) is 4.79 Å². The highest BCUT2D eigenvalue weighted by atomic mass is 35.5. The van der Waals surface area contributed by atoms with E-state index in [-0.39, 0.29) is 5.92 Å². The molecular weight excluding hydrogens is 370 g/mol. The zero-order chi connectivity index (χ0) is 19.5. The molecule has 1 heterocycles. The van der Waals surface area contributed by atoms with Crippen LogP contribution < -0.4 is 10.2 Å². The lowest BCUT2D eigenvalue weighted by atomic mass is 9.84. The lowest BCUT2D eigenvalue weighted by Gasteiger charge is -2.36. The number of hydrogen-bond acceptors (Lipinski definition) is 3. The van der Waals surface area contributed by atoms with E-state index in [1.807, 2.05) is 12.1 Å². The fourth-order valence-corrected chi connectivity index (χ4v) is 5.09. The smallest absolute Gasteiger partial charge is 0.223 e. The number of hydrogen-bond donors (Lipinski definition) is 1. The van der Waals surface area contributed by atoms with E-state index >= 15 is 0 Å². The van der Waals surface area contributed by atoms with Crippen molar-refractivity contribution in [3.8, 4) is 0 Å². The second-order valence-electron chi connectivity index (χ2n) is 9.00. The standard InChI is InChI=1S/C23H34ClN3O/c1-2-17-3-7-20(8-4-17)25-23(28)22-15-18(22)16-26-11-13-27(14-12-26)21-9-5-19(24)6-10-21/h5-6,9-10,17-18,20,22H,2-4,7-8,11-16H2,1H3,(H,25,28)/t17?,18?,20?,22-/m0/s1. The number of amides is 1. The highest BCUT2D eigenvalue weighted by Crippen LogP contribution is 2.40. The second kappa shape index (κ2) is 9.04. The topological polar surface area (TPSA) is 35.6 Å². The minimum atomic E-state index is 0.262. The van der Waals surface area contributed by atoms with Crippen molar-refractivity contribution in [2.45, 2.75) is 51.5 Å². The summed E-state index contributed by atoms with van der Waals surface area (Å²) in [5, 5.41) is 4.14. The van der Waals surface area contributed by atoms with Crippen LogP contribution in [0.4, 0.5) is 5.69 Å². The van der Waals surface area contributed by atoms with Crippen LogP contribution in [0.15, 0.2) is 24.3 Å². The number of anilines is 1. The number of nitrogens with one attached hydrogen (secondary N) is 1. The number of benzene rings is 1. The molecule has 28 heavy (non-hydrogen) atoms. The third-order valence-electron chi connectivity index (χ3n) is 7.09. The van der Waals surface area contributed by atoms with Gasteiger partial charge in [-0.25, -0.2) is 0 Å². The van der Waals surface area contributed by atoms with Gasteiger partial charge in [0.05, 0.1) is 0 Å². The van der Waals surface area contributed by atoms with Crippen LogP contribution in [0.1, 0.15) is 45.4 Å². The Kier molecular flexibility index (Phi) is 6.47. The molecule has 1 aromatic carbocycles. The van der Waals surface area contributed by atoms with E-state index in [1.54, 1.807) is 0 Å². The van der Waals surface area contributed by atoms with Gasteiger partial charge in [-0.05, 0) is 68.2 Å². The van der Waals surface area contributed by atoms with Crippen LogP contribution in [0.2, 0.25) is 5.02 Å². The third kappa shape index (κ3) is 5.01. The van der Waals surface area contributed by atoms with Gasteiger partial charge in [-0.1, -0.05) is 24.9 Å². The SMILES string of the molecule is CCC1CCC(NC(=O)[C@H]2CC2CN2CCN(c3ccc(Cl)cc3)CC2)CC1. The van der Waals surface area contributed by atoms with Gasteiger partial charge in [0.2, 0.25) is 5.91 Å². The molecule has 1 aliphatic heterocycles. The van der Waals surface area contributed by atoms with Gasteiger partial charge in [-0.2, -0.15) is 0 Å². The van der Waals surface area contributed by atoms with Crippen molar-refractivity contribution in [2.75, 3.05) is 37.6 Å². The van der Waals surface area contributed by atoms with Crippen molar-refractivity contribution in [3.05, 3.63) is 29.3 Å². The van der Waals surface area contributed by atoms with Gasteiger partial charge in [0.25, 0.3) is 0 Å². The quantitative estimate of drug-likeness (QED) is 0.773. The summed E-state index contributed by atoms with van der Waals surface area (Å²) in [4.78, 5) is 17.6. The minimum absolute atomic E-state index is 0.262. The third-order valence-corrected chi connectivity index (χ3v) is 7.34. The minimum Gasteiger partial charge on any atom is -0.369 e. The molecule has 1 N–H and O–H groups in total. The normalized spacial score (nSPS) is 30.9. The Morgan fingerprint density at radius 2 is 1.75 bits per heavy atom. The highest BCUT2D eigenvalue weighted by molar-refractivity contribution is 6.30. The molecule has 1 amide bonds. The van der Waals surface area contributed by atoms with Crippen LogP contribution in [0.3, 0.4) is 0 Å². The predicted octanol–water partition coefficient (Wildman–Crippen LogP) is 4.18. The summed E-state index contributed by atoms with van der Waals surface area (Å²) >= 11 is 5.99. The van der Waals surface area contributed by atoms with Crippen molar-refractivity contribution in [2.24, 2.45) is 17.8 Å². The van der Waals surface area contributed by atoms with Gasteiger partial charge >= 0.3 is 0 Å². The Labute approximate surface area is 174 Å². The van der Waals surface area contributed by atoms with Crippen molar-refractivity contribution >= 4 is 23.2 Å². The van der Waals surface area contributed by atoms with Crippen LogP contribution in [0, 0.1) is 17.8 Å². The van der Waals surface area contributed by atoms with E-state index < -0.39 is 0 Å². The van der Waals surface area contributed by atoms with Gasteiger partial charge in [-0.15, -0.1) is 0 Å². The largest absolute Gasteiger partial charge is 0.369 e. The molecule has 1 aromatic rings. The second-order valence-corrected chi connectivity index (χ2v) is 9.44. The number of rotatable bonds is 6. The summed E-state index contributed by atoms with van der Waals surface area (Å²) < 4.78 is 0. The number of carbonyl (C=O) groups is 1. The van der Waals surface area contributed by atoms with Crippen molar-refractivity contribution in [1.82, 2.24) is 10.2 Å². The van der Waals surface area contributed by atoms with Gasteiger partial charge in [0.15, 0.2) is 0 Å². The maximum Gasteiger partial charge on any atom is 0.223 e. The zero-order valence-electron chi connectivity index (χ0n) is 17.1. The Hall–Kier alpha value is -1.26. The first kappa shape index (κ1) is 20.0. The molecule has 2 aliphatic carbocycles. The van der Waals surface area contributed by atoms with Crippen LogP contribution in [0.25, 0.3) is 0 Å². The summed E-state index contributed by atoms with van der Waals surface area (Å²) in [5.74, 6) is 2.03. The van der Waals surface area contributed by atoms with Crippen molar-refractivity contribution in [3.63, 3.8) is 0 Å². The van der Waals surface area contributed by atoms with Gasteiger partial charge in [-0.3, -0.25) is 9.69 Å². The molecule has 2 saturated carbocycles. The Morgan fingerprint density at radius 1 is 1.07 bits per heavy atom. The summed E-state index contributed by atoms with van der Waals surface area (Å²) in [6.07, 6.45) is 7.29. The maximum absolute atomic E-state index is 12.6. The summed E-state index contributed by atoms with van der Waals surface area (Å²) in [6, 6.07) is 8.57. The summed E-state index contributed by atoms with van der Waals surface area (Å²) in [5.41, 5.74) is 1.26. The Balaban J connectivity index is 1.16. The lowest BCUT2D eigenvalue weighted by molar-refractivity contribution is -0.123. The molecule has 0 bridgehead atoms. The summed E-state index contributed by atoms with van der Waals surface area (Å²) in [7, 11) is 0. The molecule has 0 spiro atoms. The van der Waals surface area contributed by atoms with E-state index in [1.165, 1.54) is 37.8 Å². The Morgan fingerprint density at radius 3 is 2.39 bits per heavy atom. The van der Waals surface area contributed by atoms with E-state index in [4.69, 9.17) is 11.6 Å². The molecule has 0 aromatic heterocycles. The van der Waals surface area contributed by atoms with E-state index in [2.05, 4.69) is 34.2 Å². The van der Waals surface area contributed by atoms with E-state index in [0.29, 0.717) is 17.9 Å². The highest BCUT2D eigenvalue weighted by Gasteiger charge is 2.44. The molecule has 3 fully saturated rings. The average molecular weight is 404 g/mol. The summed E-state index contributed by atoms with van der Waals surface area (Å²) in [6.45, 7) is 7.61. The lowest BCUT2D eigenvalue weighted by Crippen LogP contribution is -2.47. The van der Waals surface area contributed by atoms with Crippen molar-refractivity contribution < 1.29 is 4.79 Å². The molecular formula is C23H34ClN3O. The molecule has 5 heteroatoms. The van der Waals surface area contributed by atoms with Gasteiger partial charge < -0.3 is 10.2 Å². The fourth-order valence-electron chi connectivity index (χ4n) is 4.97. The molecule has 4 nitrogen and oxygen atoms in total. The van der Waals surface area contributed by atoms with E-state index in [0.717, 1.165) is 50.1 Å². The number of piperazine rings is 1. The first-order chi connectivity index (χ1) is 13.6. The maximum atomic E-state index is 12.6. The molecule has 3 aliphatic rings. The van der Waals surface area contributed by atoms with Crippen LogP contribution in [-0.2, 0) is 4.79 Å². The average Bonchev–Trinajstić information content (AvgIpc) is 3.49. The number of nitrogens with zero attached hydrogens (tertiary/aromatic N) is 2. The molecule has 2 atom stereocenters. The fraction of sp³-hybridized carbons (Fsp3) is 0.696. The number of carbonyl (C=O) groups excluding carboxylic acids is 1. The molecule has 154 valence electrons. The van der Waals surface area contributed by atoms with Crippen molar-refractivity contribution in [1.29, 1.82) is 0 Å². The first-order valence-electron chi connectivity index (χ1n) is 11.2. The molecule has 1 unspecified atom stereocenters. The van der Waals surface area contributed by atoms with Gasteiger partial charge in [0, 0.05) is 55.4 Å². The Bertz CT molecular complexity index is 648. The van der Waals surface area contributed by atoms with Crippen LogP contribution in [-0.4, -0.2) is 49.6 Å². The monoisotopic (exact) mass is 403 g/mol.